The van der Waals surface area contributed by atoms with Gasteiger partial charge in [-0.3, -0.25) is 4.79 Å². The van der Waals surface area contributed by atoms with Crippen LogP contribution in [0.1, 0.15) is 10.4 Å². The summed E-state index contributed by atoms with van der Waals surface area (Å²) >= 11 is 7.88. The smallest absolute Gasteiger partial charge is 0.252 e. The summed E-state index contributed by atoms with van der Waals surface area (Å²) in [6, 6.07) is 5.09. The van der Waals surface area contributed by atoms with Crippen molar-refractivity contribution in [2.24, 2.45) is 0 Å². The molecule has 1 unspecified atom stereocenters. The van der Waals surface area contributed by atoms with Crippen LogP contribution in [0, 0.1) is 3.57 Å². The Bertz CT molecular complexity index is 400. The summed E-state index contributed by atoms with van der Waals surface area (Å²) in [4.78, 5) is 11.8. The molecule has 94 valence electrons. The average molecular weight is 370 g/mol. The van der Waals surface area contributed by atoms with E-state index in [1.54, 1.807) is 18.2 Å². The highest BCUT2D eigenvalue weighted by Crippen LogP contribution is 2.17. The number of carbonyl (C=O) groups is 1. The molecule has 0 heterocycles. The van der Waals surface area contributed by atoms with Gasteiger partial charge >= 0.3 is 0 Å². The second kappa shape index (κ2) is 7.15. The van der Waals surface area contributed by atoms with Crippen LogP contribution in [0.25, 0.3) is 0 Å². The van der Waals surface area contributed by atoms with Gasteiger partial charge in [0.15, 0.2) is 0 Å². The Kier molecular flexibility index (Phi) is 6.18. The van der Waals surface area contributed by atoms with Crippen molar-refractivity contribution in [3.63, 3.8) is 0 Å². The van der Waals surface area contributed by atoms with Gasteiger partial charge in [0.1, 0.15) is 0 Å². The number of hydrogen-bond donors (Lipinski definition) is 2. The number of halogens is 2. The number of methoxy groups -OCH3 is 1. The molecule has 1 amide bonds. The summed E-state index contributed by atoms with van der Waals surface area (Å²) < 4.78 is 5.57. The Balaban J connectivity index is 2.61. The molecule has 1 rings (SSSR count). The van der Waals surface area contributed by atoms with E-state index in [1.165, 1.54) is 7.11 Å². The van der Waals surface area contributed by atoms with Gasteiger partial charge in [-0.1, -0.05) is 11.6 Å². The molecule has 0 aliphatic rings. The van der Waals surface area contributed by atoms with E-state index in [9.17, 15) is 9.90 Å². The standard InChI is InChI=1S/C11H13ClINO3/c1-17-6-8(15)5-14-11(16)9-4-7(12)2-3-10(9)13/h2-4,8,15H,5-6H2,1H3,(H,14,16). The van der Waals surface area contributed by atoms with Gasteiger partial charge in [0.2, 0.25) is 0 Å². The quantitative estimate of drug-likeness (QED) is 0.777. The van der Waals surface area contributed by atoms with Crippen molar-refractivity contribution in [3.8, 4) is 0 Å². The van der Waals surface area contributed by atoms with Crippen LogP contribution in [0.4, 0.5) is 0 Å². The van der Waals surface area contributed by atoms with Crippen LogP contribution in [0.15, 0.2) is 18.2 Å². The van der Waals surface area contributed by atoms with Crippen molar-refractivity contribution in [1.82, 2.24) is 5.32 Å². The van der Waals surface area contributed by atoms with Crippen LogP contribution >= 0.6 is 34.2 Å². The van der Waals surface area contributed by atoms with Crippen molar-refractivity contribution in [3.05, 3.63) is 32.4 Å². The summed E-state index contributed by atoms with van der Waals surface area (Å²) in [6.45, 7) is 0.336. The largest absolute Gasteiger partial charge is 0.389 e. The minimum atomic E-state index is -0.708. The van der Waals surface area contributed by atoms with Gasteiger partial charge in [-0.2, -0.15) is 0 Å². The lowest BCUT2D eigenvalue weighted by atomic mass is 10.2. The molecule has 0 aliphatic carbocycles. The van der Waals surface area contributed by atoms with Gasteiger partial charge in [0.05, 0.1) is 18.3 Å². The molecular weight excluding hydrogens is 356 g/mol. The number of ether oxygens (including phenoxy) is 1. The summed E-state index contributed by atoms with van der Waals surface area (Å²) in [5.41, 5.74) is 0.503. The molecule has 0 spiro atoms. The molecule has 0 saturated carbocycles. The second-order valence-corrected chi connectivity index (χ2v) is 5.04. The third kappa shape index (κ3) is 4.79. The van der Waals surface area contributed by atoms with Crippen molar-refractivity contribution < 1.29 is 14.6 Å². The van der Waals surface area contributed by atoms with Crippen molar-refractivity contribution in [2.75, 3.05) is 20.3 Å². The van der Waals surface area contributed by atoms with Gasteiger partial charge in [-0.05, 0) is 40.8 Å². The molecule has 17 heavy (non-hydrogen) atoms. The molecule has 1 aromatic rings. The molecule has 0 fully saturated rings. The van der Waals surface area contributed by atoms with Gasteiger partial charge < -0.3 is 15.2 Å². The highest BCUT2D eigenvalue weighted by Gasteiger charge is 2.12. The Morgan fingerprint density at radius 1 is 1.65 bits per heavy atom. The Labute approximate surface area is 118 Å². The van der Waals surface area contributed by atoms with Crippen LogP contribution < -0.4 is 5.32 Å². The zero-order valence-electron chi connectivity index (χ0n) is 9.24. The van der Waals surface area contributed by atoms with Crippen LogP contribution in [-0.4, -0.2) is 37.4 Å². The summed E-state index contributed by atoms with van der Waals surface area (Å²) in [7, 11) is 1.49. The molecule has 1 aromatic carbocycles. The van der Waals surface area contributed by atoms with Gasteiger partial charge in [0, 0.05) is 22.2 Å². The molecule has 1 atom stereocenters. The Hall–Kier alpha value is -0.370. The number of hydrogen-bond acceptors (Lipinski definition) is 3. The molecule has 0 aliphatic heterocycles. The van der Waals surface area contributed by atoms with E-state index < -0.39 is 6.10 Å². The molecule has 0 bridgehead atoms. The number of amides is 1. The lowest BCUT2D eigenvalue weighted by Crippen LogP contribution is -2.34. The zero-order valence-corrected chi connectivity index (χ0v) is 12.2. The first kappa shape index (κ1) is 14.7. The fourth-order valence-corrected chi connectivity index (χ4v) is 1.98. The van der Waals surface area contributed by atoms with E-state index in [-0.39, 0.29) is 19.1 Å². The first-order valence-corrected chi connectivity index (χ1v) is 6.40. The van der Waals surface area contributed by atoms with Crippen LogP contribution in [0.5, 0.6) is 0 Å². The lowest BCUT2D eigenvalue weighted by molar-refractivity contribution is 0.0609. The first-order chi connectivity index (χ1) is 8.04. The second-order valence-electron chi connectivity index (χ2n) is 3.44. The van der Waals surface area contributed by atoms with E-state index in [0.29, 0.717) is 10.6 Å². The highest BCUT2D eigenvalue weighted by molar-refractivity contribution is 14.1. The number of rotatable bonds is 5. The SMILES string of the molecule is COCC(O)CNC(=O)c1cc(Cl)ccc1I. The molecule has 0 saturated heterocycles. The Morgan fingerprint density at radius 2 is 2.35 bits per heavy atom. The maximum Gasteiger partial charge on any atom is 0.252 e. The van der Waals surface area contributed by atoms with E-state index in [2.05, 4.69) is 27.9 Å². The van der Waals surface area contributed by atoms with Gasteiger partial charge in [0.25, 0.3) is 5.91 Å². The van der Waals surface area contributed by atoms with E-state index in [1.807, 2.05) is 0 Å². The number of carbonyl (C=O) groups excluding carboxylic acids is 1. The van der Waals surface area contributed by atoms with E-state index in [0.717, 1.165) is 3.57 Å². The van der Waals surface area contributed by atoms with Crippen LogP contribution in [0.2, 0.25) is 5.02 Å². The van der Waals surface area contributed by atoms with Crippen LogP contribution in [-0.2, 0) is 4.74 Å². The number of aliphatic hydroxyl groups is 1. The number of benzene rings is 1. The monoisotopic (exact) mass is 369 g/mol. The molecule has 4 nitrogen and oxygen atoms in total. The highest BCUT2D eigenvalue weighted by atomic mass is 127. The fourth-order valence-electron chi connectivity index (χ4n) is 1.23. The third-order valence-electron chi connectivity index (χ3n) is 2.03. The van der Waals surface area contributed by atoms with Crippen LogP contribution in [0.3, 0.4) is 0 Å². The van der Waals surface area contributed by atoms with E-state index >= 15 is 0 Å². The minimum Gasteiger partial charge on any atom is -0.389 e. The first-order valence-electron chi connectivity index (χ1n) is 4.95. The van der Waals surface area contributed by atoms with Crippen molar-refractivity contribution in [2.45, 2.75) is 6.10 Å². The van der Waals surface area contributed by atoms with E-state index in [4.69, 9.17) is 16.3 Å². The van der Waals surface area contributed by atoms with Crippen molar-refractivity contribution in [1.29, 1.82) is 0 Å². The minimum absolute atomic E-state index is 0.148. The molecule has 0 radical (unpaired) electrons. The fraction of sp³-hybridized carbons (Fsp3) is 0.364. The maximum atomic E-state index is 11.8. The molecular formula is C11H13ClINO3. The van der Waals surface area contributed by atoms with Gasteiger partial charge in [-0.25, -0.2) is 0 Å². The average Bonchev–Trinajstić information content (AvgIpc) is 2.29. The normalized spacial score (nSPS) is 12.2. The maximum absolute atomic E-state index is 11.8. The third-order valence-corrected chi connectivity index (χ3v) is 3.21. The zero-order chi connectivity index (χ0) is 12.8. The molecule has 6 heteroatoms. The van der Waals surface area contributed by atoms with Gasteiger partial charge in [-0.15, -0.1) is 0 Å². The summed E-state index contributed by atoms with van der Waals surface area (Å²) in [5, 5.41) is 12.5. The molecule has 0 aromatic heterocycles. The lowest BCUT2D eigenvalue weighted by Gasteiger charge is -2.11. The summed E-state index contributed by atoms with van der Waals surface area (Å²) in [5.74, 6) is -0.257. The predicted molar refractivity (Wildman–Crippen MR) is 74.4 cm³/mol. The number of nitrogens with one attached hydrogen (secondary N) is 1. The molecule has 2 N–H and O–H groups in total. The predicted octanol–water partition coefficient (Wildman–Crippen LogP) is 1.68. The number of aliphatic hydroxyl groups excluding tert-OH is 1. The summed E-state index contributed by atoms with van der Waals surface area (Å²) in [6.07, 6.45) is -0.708. The van der Waals surface area contributed by atoms with Crippen molar-refractivity contribution >= 4 is 40.1 Å². The Morgan fingerprint density at radius 3 is 3.00 bits per heavy atom. The topological polar surface area (TPSA) is 58.6 Å².